The first kappa shape index (κ1) is 9.03. The minimum Gasteiger partial charge on any atom is -0.508 e. The first-order valence-corrected chi connectivity index (χ1v) is 3.76. The molecule has 3 nitrogen and oxygen atoms in total. The SMILES string of the molecule is C[C@@H](O)[C@@H](O)c1cccc(O)c1. The maximum absolute atomic E-state index is 9.36. The Labute approximate surface area is 70.9 Å². The van der Waals surface area contributed by atoms with E-state index >= 15 is 0 Å². The van der Waals surface area contributed by atoms with Crippen molar-refractivity contribution in [2.75, 3.05) is 0 Å². The van der Waals surface area contributed by atoms with E-state index in [1.807, 2.05) is 0 Å². The van der Waals surface area contributed by atoms with Gasteiger partial charge in [-0.25, -0.2) is 0 Å². The van der Waals surface area contributed by atoms with E-state index in [1.165, 1.54) is 19.1 Å². The van der Waals surface area contributed by atoms with E-state index in [2.05, 4.69) is 0 Å². The van der Waals surface area contributed by atoms with Crippen molar-refractivity contribution >= 4 is 0 Å². The van der Waals surface area contributed by atoms with Crippen LogP contribution in [0.25, 0.3) is 0 Å². The largest absolute Gasteiger partial charge is 0.508 e. The average Bonchev–Trinajstić information content (AvgIpc) is 2.03. The molecule has 0 bridgehead atoms. The minimum atomic E-state index is -0.933. The van der Waals surface area contributed by atoms with E-state index in [9.17, 15) is 5.11 Å². The Bertz CT molecular complexity index is 258. The first-order valence-electron chi connectivity index (χ1n) is 3.76. The summed E-state index contributed by atoms with van der Waals surface area (Å²) in [5.41, 5.74) is 0.519. The van der Waals surface area contributed by atoms with Crippen LogP contribution in [0.5, 0.6) is 5.75 Å². The van der Waals surface area contributed by atoms with Crippen molar-refractivity contribution in [3.8, 4) is 5.75 Å². The summed E-state index contributed by atoms with van der Waals surface area (Å²) < 4.78 is 0. The number of phenols is 1. The van der Waals surface area contributed by atoms with Crippen LogP contribution in [0.1, 0.15) is 18.6 Å². The number of aliphatic hydroxyl groups is 2. The molecular weight excluding hydrogens is 156 g/mol. The molecule has 0 unspecified atom stereocenters. The number of aliphatic hydroxyl groups excluding tert-OH is 2. The molecule has 12 heavy (non-hydrogen) atoms. The van der Waals surface area contributed by atoms with Gasteiger partial charge in [-0.15, -0.1) is 0 Å². The molecule has 0 aliphatic heterocycles. The number of aromatic hydroxyl groups is 1. The van der Waals surface area contributed by atoms with Crippen LogP contribution < -0.4 is 0 Å². The van der Waals surface area contributed by atoms with Gasteiger partial charge < -0.3 is 15.3 Å². The van der Waals surface area contributed by atoms with Gasteiger partial charge in [-0.05, 0) is 24.6 Å². The number of hydrogen-bond donors (Lipinski definition) is 3. The molecule has 0 saturated heterocycles. The van der Waals surface area contributed by atoms with E-state index in [4.69, 9.17) is 10.2 Å². The highest BCUT2D eigenvalue weighted by Crippen LogP contribution is 2.20. The van der Waals surface area contributed by atoms with Gasteiger partial charge in [-0.2, -0.15) is 0 Å². The fourth-order valence-electron chi connectivity index (χ4n) is 0.987. The van der Waals surface area contributed by atoms with Gasteiger partial charge in [0.2, 0.25) is 0 Å². The summed E-state index contributed by atoms with van der Waals surface area (Å²) in [6.07, 6.45) is -1.76. The summed E-state index contributed by atoms with van der Waals surface area (Å²) >= 11 is 0. The number of rotatable bonds is 2. The third-order valence-electron chi connectivity index (χ3n) is 1.67. The molecule has 0 fully saturated rings. The fourth-order valence-corrected chi connectivity index (χ4v) is 0.987. The molecule has 0 spiro atoms. The van der Waals surface area contributed by atoms with Gasteiger partial charge in [0.15, 0.2) is 0 Å². The summed E-state index contributed by atoms with van der Waals surface area (Å²) in [6.45, 7) is 1.49. The molecule has 0 amide bonds. The van der Waals surface area contributed by atoms with Crippen LogP contribution in [0.3, 0.4) is 0 Å². The zero-order valence-electron chi connectivity index (χ0n) is 6.81. The molecule has 0 aliphatic carbocycles. The van der Waals surface area contributed by atoms with Crippen LogP contribution in [-0.2, 0) is 0 Å². The molecule has 0 radical (unpaired) electrons. The maximum Gasteiger partial charge on any atom is 0.115 e. The predicted molar refractivity (Wildman–Crippen MR) is 44.7 cm³/mol. The average molecular weight is 168 g/mol. The van der Waals surface area contributed by atoms with E-state index in [0.717, 1.165) is 0 Å². The molecule has 2 atom stereocenters. The third-order valence-corrected chi connectivity index (χ3v) is 1.67. The second-order valence-corrected chi connectivity index (χ2v) is 2.78. The maximum atomic E-state index is 9.36. The lowest BCUT2D eigenvalue weighted by molar-refractivity contribution is 0.0304. The number of phenolic OH excluding ortho intramolecular Hbond substituents is 1. The Morgan fingerprint density at radius 1 is 1.25 bits per heavy atom. The Balaban J connectivity index is 2.88. The van der Waals surface area contributed by atoms with Crippen LogP contribution in [0.4, 0.5) is 0 Å². The van der Waals surface area contributed by atoms with Crippen LogP contribution in [0.15, 0.2) is 24.3 Å². The summed E-state index contributed by atoms with van der Waals surface area (Å²) in [5, 5.41) is 27.4. The van der Waals surface area contributed by atoms with E-state index in [-0.39, 0.29) is 5.75 Å². The summed E-state index contributed by atoms with van der Waals surface area (Å²) in [6, 6.07) is 6.21. The Kier molecular flexibility index (Phi) is 2.68. The zero-order valence-corrected chi connectivity index (χ0v) is 6.81. The van der Waals surface area contributed by atoms with Gasteiger partial charge in [-0.1, -0.05) is 12.1 Å². The lowest BCUT2D eigenvalue weighted by Crippen LogP contribution is -2.13. The molecular formula is C9H12O3. The normalized spacial score (nSPS) is 15.6. The van der Waals surface area contributed by atoms with Crippen LogP contribution in [-0.4, -0.2) is 21.4 Å². The Morgan fingerprint density at radius 2 is 1.92 bits per heavy atom. The van der Waals surface area contributed by atoms with Crippen LogP contribution >= 0.6 is 0 Å². The molecule has 1 aromatic carbocycles. The quantitative estimate of drug-likeness (QED) is 0.612. The molecule has 0 saturated carbocycles. The van der Waals surface area contributed by atoms with Gasteiger partial charge in [0, 0.05) is 0 Å². The zero-order chi connectivity index (χ0) is 9.14. The monoisotopic (exact) mass is 168 g/mol. The highest BCUT2D eigenvalue weighted by Gasteiger charge is 2.13. The second kappa shape index (κ2) is 3.56. The summed E-state index contributed by atoms with van der Waals surface area (Å²) in [5.74, 6) is 0.0900. The van der Waals surface area contributed by atoms with E-state index < -0.39 is 12.2 Å². The van der Waals surface area contributed by atoms with Crippen molar-refractivity contribution in [3.63, 3.8) is 0 Å². The van der Waals surface area contributed by atoms with Crippen LogP contribution in [0, 0.1) is 0 Å². The summed E-state index contributed by atoms with van der Waals surface area (Å²) in [7, 11) is 0. The first-order chi connectivity index (χ1) is 5.61. The molecule has 0 aliphatic rings. The summed E-state index contributed by atoms with van der Waals surface area (Å²) in [4.78, 5) is 0. The van der Waals surface area contributed by atoms with Crippen LogP contribution in [0.2, 0.25) is 0 Å². The van der Waals surface area contributed by atoms with E-state index in [1.54, 1.807) is 12.1 Å². The molecule has 3 N–H and O–H groups in total. The lowest BCUT2D eigenvalue weighted by Gasteiger charge is -2.13. The standard InChI is InChI=1S/C9H12O3/c1-6(10)9(12)7-3-2-4-8(11)5-7/h2-6,9-12H,1H3/t6-,9-/m1/s1. The van der Waals surface area contributed by atoms with E-state index in [0.29, 0.717) is 5.56 Å². The third kappa shape index (κ3) is 1.96. The Morgan fingerprint density at radius 3 is 2.42 bits per heavy atom. The smallest absolute Gasteiger partial charge is 0.115 e. The van der Waals surface area contributed by atoms with Crippen molar-refractivity contribution in [1.29, 1.82) is 0 Å². The molecule has 3 heteroatoms. The fraction of sp³-hybridized carbons (Fsp3) is 0.333. The van der Waals surface area contributed by atoms with Gasteiger partial charge in [0.1, 0.15) is 11.9 Å². The van der Waals surface area contributed by atoms with Crippen molar-refractivity contribution in [3.05, 3.63) is 29.8 Å². The molecule has 1 rings (SSSR count). The van der Waals surface area contributed by atoms with Gasteiger partial charge in [0.25, 0.3) is 0 Å². The van der Waals surface area contributed by atoms with Crippen molar-refractivity contribution in [2.45, 2.75) is 19.1 Å². The Hall–Kier alpha value is -1.06. The lowest BCUT2D eigenvalue weighted by atomic mass is 10.1. The molecule has 66 valence electrons. The molecule has 0 heterocycles. The highest BCUT2D eigenvalue weighted by molar-refractivity contribution is 5.28. The van der Waals surface area contributed by atoms with Crippen molar-refractivity contribution < 1.29 is 15.3 Å². The second-order valence-electron chi connectivity index (χ2n) is 2.78. The van der Waals surface area contributed by atoms with Gasteiger partial charge >= 0.3 is 0 Å². The minimum absolute atomic E-state index is 0.0900. The van der Waals surface area contributed by atoms with Gasteiger partial charge in [0.05, 0.1) is 6.10 Å². The van der Waals surface area contributed by atoms with Crippen molar-refractivity contribution in [1.82, 2.24) is 0 Å². The number of hydrogen-bond acceptors (Lipinski definition) is 3. The highest BCUT2D eigenvalue weighted by atomic mass is 16.3. The van der Waals surface area contributed by atoms with Gasteiger partial charge in [-0.3, -0.25) is 0 Å². The topological polar surface area (TPSA) is 60.7 Å². The van der Waals surface area contributed by atoms with Crippen molar-refractivity contribution in [2.24, 2.45) is 0 Å². The predicted octanol–water partition coefficient (Wildman–Crippen LogP) is 0.806. The molecule has 1 aromatic rings. The number of benzene rings is 1. The molecule has 0 aromatic heterocycles.